The Bertz CT molecular complexity index is 1530. The Kier molecular flexibility index (Phi) is 12.2. The summed E-state index contributed by atoms with van der Waals surface area (Å²) >= 11 is 1.46. The molecule has 0 heterocycles. The van der Waals surface area contributed by atoms with Crippen molar-refractivity contribution in [1.82, 2.24) is 0 Å². The second-order valence-electron chi connectivity index (χ2n) is 10.8. The van der Waals surface area contributed by atoms with Crippen LogP contribution in [0.2, 0.25) is 0 Å². The standard InChI is InChI=1S/C17H17.C13H10.C11H17.Zr/c1-3-12-5-7-16-14(9-12)11-15-10-13(4-2)6-8-17(15)16;1-3-7-12(8-4-1)11-13-9-5-2-6-10-13;1-4-9-7-10(5-2)11(6-3)8-9;/h5-11H,3-4H2,1-2H3;1-10H;7,9H,4-6H2,1-3H3;/q-1;;-1;+2. The van der Waals surface area contributed by atoms with Crippen LogP contribution in [0.1, 0.15) is 76.1 Å². The van der Waals surface area contributed by atoms with Crippen molar-refractivity contribution < 1.29 is 24.2 Å². The third-order valence-corrected chi connectivity index (χ3v) is 9.52. The van der Waals surface area contributed by atoms with Crippen LogP contribution in [-0.2, 0) is 37.1 Å². The molecule has 5 aromatic rings. The summed E-state index contributed by atoms with van der Waals surface area (Å²) in [7, 11) is 0. The van der Waals surface area contributed by atoms with E-state index in [9.17, 15) is 0 Å². The zero-order valence-electron chi connectivity index (χ0n) is 26.0. The van der Waals surface area contributed by atoms with E-state index in [0.29, 0.717) is 5.92 Å². The van der Waals surface area contributed by atoms with Crippen molar-refractivity contribution in [3.05, 3.63) is 149 Å². The van der Waals surface area contributed by atoms with Gasteiger partial charge in [0.25, 0.3) is 0 Å². The van der Waals surface area contributed by atoms with E-state index in [0.717, 1.165) is 19.3 Å². The first kappa shape index (κ1) is 31.9. The topological polar surface area (TPSA) is 0 Å². The Balaban J connectivity index is 0.000000149. The van der Waals surface area contributed by atoms with Crippen LogP contribution in [0, 0.1) is 12.0 Å². The van der Waals surface area contributed by atoms with Crippen LogP contribution in [0.5, 0.6) is 0 Å². The maximum absolute atomic E-state index is 3.52. The van der Waals surface area contributed by atoms with E-state index in [1.807, 2.05) is 0 Å². The Morgan fingerprint density at radius 3 is 1.52 bits per heavy atom. The molecule has 1 atom stereocenters. The monoisotopic (exact) mass is 626 g/mol. The van der Waals surface area contributed by atoms with Gasteiger partial charge in [-0.25, -0.2) is 5.57 Å². The predicted molar refractivity (Wildman–Crippen MR) is 181 cm³/mol. The molecular formula is C41H44Zr. The molecule has 0 nitrogen and oxygen atoms in total. The average Bonchev–Trinajstić information content (AvgIpc) is 3.65. The van der Waals surface area contributed by atoms with Gasteiger partial charge in [-0.3, -0.25) is 6.08 Å². The second kappa shape index (κ2) is 16.0. The van der Waals surface area contributed by atoms with Crippen LogP contribution in [0.3, 0.4) is 0 Å². The van der Waals surface area contributed by atoms with Crippen molar-refractivity contribution in [1.29, 1.82) is 0 Å². The van der Waals surface area contributed by atoms with Gasteiger partial charge in [0.05, 0.1) is 0 Å². The van der Waals surface area contributed by atoms with Crippen molar-refractivity contribution >= 4 is 24.8 Å². The summed E-state index contributed by atoms with van der Waals surface area (Å²) in [6.45, 7) is 11.1. The SMILES string of the molecule is CCC1=[C-]C(CC)C=C1CC.CCc1ccc2c(c1)[cH-]c1cc(CC)ccc12.[Zr+2]=[C](c1ccccc1)c1ccccc1. The summed E-state index contributed by atoms with van der Waals surface area (Å²) < 4.78 is 1.42. The van der Waals surface area contributed by atoms with Crippen LogP contribution >= 0.6 is 0 Å². The van der Waals surface area contributed by atoms with Gasteiger partial charge in [0.15, 0.2) is 0 Å². The van der Waals surface area contributed by atoms with E-state index in [4.69, 9.17) is 0 Å². The van der Waals surface area contributed by atoms with E-state index in [1.165, 1.54) is 95.2 Å². The molecule has 1 aliphatic carbocycles. The first-order valence-electron chi connectivity index (χ1n) is 15.6. The number of hydrogen-bond acceptors (Lipinski definition) is 0. The van der Waals surface area contributed by atoms with Crippen LogP contribution in [0.15, 0.2) is 120 Å². The third-order valence-electron chi connectivity index (χ3n) is 8.10. The van der Waals surface area contributed by atoms with Gasteiger partial charge in [-0.1, -0.05) is 95.2 Å². The molecule has 0 saturated heterocycles. The van der Waals surface area contributed by atoms with E-state index < -0.39 is 0 Å². The third kappa shape index (κ3) is 8.08. The molecule has 0 spiro atoms. The molecule has 6 rings (SSSR count). The van der Waals surface area contributed by atoms with Gasteiger partial charge in [-0.05, 0) is 12.8 Å². The Morgan fingerprint density at radius 1 is 0.643 bits per heavy atom. The fourth-order valence-electron chi connectivity index (χ4n) is 5.52. The quantitative estimate of drug-likeness (QED) is 0.158. The molecule has 0 fully saturated rings. The first-order valence-corrected chi connectivity index (χ1v) is 16.9. The number of hydrogen-bond donors (Lipinski definition) is 0. The van der Waals surface area contributed by atoms with E-state index in [1.54, 1.807) is 0 Å². The molecule has 0 N–H and O–H groups in total. The van der Waals surface area contributed by atoms with Gasteiger partial charge in [0.1, 0.15) is 0 Å². The Morgan fingerprint density at radius 2 is 1.14 bits per heavy atom. The molecule has 0 aromatic heterocycles. The molecule has 42 heavy (non-hydrogen) atoms. The zero-order valence-corrected chi connectivity index (χ0v) is 28.5. The normalized spacial score (nSPS) is 14.0. The molecule has 0 bridgehead atoms. The average molecular weight is 628 g/mol. The molecule has 0 radical (unpaired) electrons. The minimum absolute atomic E-state index is 0.611. The molecule has 0 saturated carbocycles. The summed E-state index contributed by atoms with van der Waals surface area (Å²) in [5.74, 6) is 0.611. The van der Waals surface area contributed by atoms with Gasteiger partial charge in [-0.2, -0.15) is 11.6 Å². The summed E-state index contributed by atoms with van der Waals surface area (Å²) in [6.07, 6.45) is 11.6. The zero-order chi connectivity index (χ0) is 29.9. The molecular weight excluding hydrogens is 584 g/mol. The number of fused-ring (bicyclic) bond motifs is 3. The van der Waals surface area contributed by atoms with Gasteiger partial charge < -0.3 is 0 Å². The number of aryl methyl sites for hydroxylation is 2. The van der Waals surface area contributed by atoms with Crippen LogP contribution in [-0.4, -0.2) is 3.21 Å². The van der Waals surface area contributed by atoms with E-state index >= 15 is 0 Å². The molecule has 1 unspecified atom stereocenters. The molecule has 212 valence electrons. The van der Waals surface area contributed by atoms with Crippen molar-refractivity contribution in [2.75, 3.05) is 0 Å². The summed E-state index contributed by atoms with van der Waals surface area (Å²) in [5.41, 5.74) is 8.49. The fourth-order valence-corrected chi connectivity index (χ4v) is 6.34. The van der Waals surface area contributed by atoms with Crippen LogP contribution in [0.4, 0.5) is 0 Å². The Labute approximate surface area is 268 Å². The predicted octanol–water partition coefficient (Wildman–Crippen LogP) is 11.1. The minimum atomic E-state index is 0.611. The molecule has 0 aliphatic heterocycles. The van der Waals surface area contributed by atoms with Crippen LogP contribution in [0.25, 0.3) is 21.5 Å². The van der Waals surface area contributed by atoms with E-state index in [2.05, 4.69) is 150 Å². The molecule has 0 amide bonds. The number of rotatable bonds is 7. The summed E-state index contributed by atoms with van der Waals surface area (Å²) in [5, 5.41) is 5.54. The van der Waals surface area contributed by atoms with E-state index in [-0.39, 0.29) is 0 Å². The van der Waals surface area contributed by atoms with Gasteiger partial charge in [0.2, 0.25) is 0 Å². The molecule has 1 heteroatoms. The maximum atomic E-state index is 3.52. The van der Waals surface area contributed by atoms with Gasteiger partial charge in [-0.15, -0.1) is 39.7 Å². The summed E-state index contributed by atoms with van der Waals surface area (Å²) in [4.78, 5) is 0. The number of allylic oxidation sites excluding steroid dienone is 4. The molecule has 1 aliphatic rings. The first-order chi connectivity index (χ1) is 20.5. The number of benzene rings is 4. The van der Waals surface area contributed by atoms with Crippen LogP contribution < -0.4 is 0 Å². The van der Waals surface area contributed by atoms with Crippen molar-refractivity contribution in [2.24, 2.45) is 5.92 Å². The summed E-state index contributed by atoms with van der Waals surface area (Å²) in [6, 6.07) is 37.1. The van der Waals surface area contributed by atoms with Crippen molar-refractivity contribution in [3.63, 3.8) is 0 Å². The fraction of sp³-hybridized carbons (Fsp3) is 0.268. The second-order valence-corrected chi connectivity index (χ2v) is 12.1. The van der Waals surface area contributed by atoms with Crippen molar-refractivity contribution in [3.8, 4) is 0 Å². The van der Waals surface area contributed by atoms with Gasteiger partial charge in [0, 0.05) is 0 Å². The van der Waals surface area contributed by atoms with Crippen molar-refractivity contribution in [2.45, 2.75) is 66.7 Å². The Hall–Kier alpha value is -3.02. The van der Waals surface area contributed by atoms with Gasteiger partial charge >= 0.3 is 99.2 Å². The molecule has 5 aromatic carbocycles.